The highest BCUT2D eigenvalue weighted by molar-refractivity contribution is 14.1. The number of hydrogen-bond donors (Lipinski definition) is 1. The number of hydrogen-bond acceptors (Lipinski definition) is 3. The maximum absolute atomic E-state index is 9.21. The summed E-state index contributed by atoms with van der Waals surface area (Å²) in [5.41, 5.74) is 1.74. The third-order valence-corrected chi connectivity index (χ3v) is 3.15. The van der Waals surface area contributed by atoms with E-state index in [0.29, 0.717) is 5.88 Å². The summed E-state index contributed by atoms with van der Waals surface area (Å²) in [4.78, 5) is 4.39. The van der Waals surface area contributed by atoms with Gasteiger partial charge in [-0.05, 0) is 58.8 Å². The van der Waals surface area contributed by atoms with Crippen LogP contribution in [0.25, 0.3) is 0 Å². The normalized spacial score (nSPS) is 10.4. The number of ether oxygens (including phenoxy) is 1. The van der Waals surface area contributed by atoms with Gasteiger partial charge in [-0.2, -0.15) is 0 Å². The summed E-state index contributed by atoms with van der Waals surface area (Å²) in [6.45, 7) is 2.02. The van der Waals surface area contributed by atoms with Crippen molar-refractivity contribution in [3.05, 3.63) is 51.2 Å². The fourth-order valence-electron chi connectivity index (χ4n) is 1.60. The molecule has 0 aliphatic carbocycles. The highest BCUT2D eigenvalue weighted by Crippen LogP contribution is 2.23. The van der Waals surface area contributed by atoms with E-state index in [4.69, 9.17) is 4.74 Å². The molecule has 0 aliphatic heterocycles. The lowest BCUT2D eigenvalue weighted by Gasteiger charge is -2.08. The minimum atomic E-state index is -0.00178. The molecule has 0 bridgehead atoms. The van der Waals surface area contributed by atoms with Gasteiger partial charge in [-0.15, -0.1) is 0 Å². The number of aliphatic hydroxyl groups excluding tert-OH is 1. The van der Waals surface area contributed by atoms with Crippen LogP contribution >= 0.6 is 22.6 Å². The van der Waals surface area contributed by atoms with Crippen LogP contribution in [0.3, 0.4) is 0 Å². The largest absolute Gasteiger partial charge is 0.439 e. The molecule has 0 saturated carbocycles. The highest BCUT2D eigenvalue weighted by atomic mass is 127. The number of aromatic nitrogens is 1. The number of nitrogens with zero attached hydrogens (tertiary/aromatic N) is 1. The Bertz CT molecular complexity index is 521. The summed E-state index contributed by atoms with van der Waals surface area (Å²) in [6, 6.07) is 11.4. The van der Waals surface area contributed by atoms with Gasteiger partial charge in [0.15, 0.2) is 0 Å². The van der Waals surface area contributed by atoms with Crippen LogP contribution < -0.4 is 4.74 Å². The zero-order chi connectivity index (χ0) is 13.0. The number of benzene rings is 1. The van der Waals surface area contributed by atoms with E-state index in [0.717, 1.165) is 27.0 Å². The van der Waals surface area contributed by atoms with Gasteiger partial charge in [0, 0.05) is 15.3 Å². The smallest absolute Gasteiger partial charge is 0.219 e. The van der Waals surface area contributed by atoms with Crippen LogP contribution in [0.4, 0.5) is 0 Å². The summed E-state index contributed by atoms with van der Waals surface area (Å²) in [6.07, 6.45) is 0.816. The number of aliphatic hydroxyl groups is 1. The van der Waals surface area contributed by atoms with Gasteiger partial charge < -0.3 is 9.84 Å². The van der Waals surface area contributed by atoms with Gasteiger partial charge in [-0.1, -0.05) is 13.0 Å². The first kappa shape index (κ1) is 13.3. The quantitative estimate of drug-likeness (QED) is 0.854. The SMILES string of the molecule is CCc1cc(CO)cc(Oc2cccc(I)c2)n1. The number of rotatable bonds is 4. The van der Waals surface area contributed by atoms with Crippen molar-refractivity contribution in [1.29, 1.82) is 0 Å². The lowest BCUT2D eigenvalue weighted by Crippen LogP contribution is -1.96. The van der Waals surface area contributed by atoms with Crippen molar-refractivity contribution in [2.24, 2.45) is 0 Å². The van der Waals surface area contributed by atoms with E-state index in [1.807, 2.05) is 37.3 Å². The lowest BCUT2D eigenvalue weighted by molar-refractivity contribution is 0.281. The van der Waals surface area contributed by atoms with Crippen LogP contribution in [0.1, 0.15) is 18.2 Å². The molecule has 4 heteroatoms. The Labute approximate surface area is 120 Å². The molecule has 3 nitrogen and oxygen atoms in total. The fourth-order valence-corrected chi connectivity index (χ4v) is 2.11. The molecule has 0 amide bonds. The number of pyridine rings is 1. The Morgan fingerprint density at radius 1 is 1.28 bits per heavy atom. The first-order chi connectivity index (χ1) is 8.71. The van der Waals surface area contributed by atoms with E-state index in [1.165, 1.54) is 0 Å². The van der Waals surface area contributed by atoms with Gasteiger partial charge in [0.05, 0.1) is 6.61 Å². The molecule has 0 aliphatic rings. The molecular formula is C14H14INO2. The molecule has 1 aromatic carbocycles. The van der Waals surface area contributed by atoms with Crippen LogP contribution in [-0.2, 0) is 13.0 Å². The van der Waals surface area contributed by atoms with Gasteiger partial charge in [-0.3, -0.25) is 0 Å². The van der Waals surface area contributed by atoms with Gasteiger partial charge in [0.1, 0.15) is 5.75 Å². The summed E-state index contributed by atoms with van der Waals surface area (Å²) in [5.74, 6) is 1.28. The third-order valence-electron chi connectivity index (χ3n) is 2.48. The van der Waals surface area contributed by atoms with Gasteiger partial charge >= 0.3 is 0 Å². The fraction of sp³-hybridized carbons (Fsp3) is 0.214. The minimum absolute atomic E-state index is 0.00178. The van der Waals surface area contributed by atoms with Crippen molar-refractivity contribution in [1.82, 2.24) is 4.98 Å². The summed E-state index contributed by atoms with van der Waals surface area (Å²) >= 11 is 2.24. The molecule has 0 radical (unpaired) electrons. The summed E-state index contributed by atoms with van der Waals surface area (Å²) < 4.78 is 6.83. The predicted octanol–water partition coefficient (Wildman–Crippen LogP) is 3.53. The maximum Gasteiger partial charge on any atom is 0.219 e. The Morgan fingerprint density at radius 3 is 2.78 bits per heavy atom. The molecule has 1 aromatic heterocycles. The molecule has 1 heterocycles. The van der Waals surface area contributed by atoms with E-state index in [-0.39, 0.29) is 6.61 Å². The van der Waals surface area contributed by atoms with Gasteiger partial charge in [0.25, 0.3) is 0 Å². The molecule has 94 valence electrons. The monoisotopic (exact) mass is 355 g/mol. The van der Waals surface area contributed by atoms with E-state index < -0.39 is 0 Å². The molecule has 0 spiro atoms. The zero-order valence-electron chi connectivity index (χ0n) is 10.1. The molecule has 1 N–H and O–H groups in total. The molecule has 0 saturated heterocycles. The van der Waals surface area contributed by atoms with Crippen molar-refractivity contribution in [3.63, 3.8) is 0 Å². The van der Waals surface area contributed by atoms with Crippen molar-refractivity contribution in [3.8, 4) is 11.6 Å². The molecule has 18 heavy (non-hydrogen) atoms. The van der Waals surface area contributed by atoms with Crippen molar-refractivity contribution >= 4 is 22.6 Å². The third kappa shape index (κ3) is 3.43. The van der Waals surface area contributed by atoms with Crippen molar-refractivity contribution in [2.45, 2.75) is 20.0 Å². The number of halogens is 1. The average Bonchev–Trinajstić information content (AvgIpc) is 2.38. The summed E-state index contributed by atoms with van der Waals surface area (Å²) in [5, 5.41) is 9.21. The van der Waals surface area contributed by atoms with Crippen LogP contribution in [0, 0.1) is 3.57 Å². The minimum Gasteiger partial charge on any atom is -0.439 e. The van der Waals surface area contributed by atoms with Crippen LogP contribution in [0.15, 0.2) is 36.4 Å². The molecule has 0 fully saturated rings. The first-order valence-corrected chi connectivity index (χ1v) is 6.83. The van der Waals surface area contributed by atoms with E-state index in [2.05, 4.69) is 27.6 Å². The van der Waals surface area contributed by atoms with E-state index in [9.17, 15) is 5.11 Å². The lowest BCUT2D eigenvalue weighted by atomic mass is 10.2. The van der Waals surface area contributed by atoms with Crippen molar-refractivity contribution < 1.29 is 9.84 Å². The van der Waals surface area contributed by atoms with Gasteiger partial charge in [0.2, 0.25) is 5.88 Å². The summed E-state index contributed by atoms with van der Waals surface area (Å²) in [7, 11) is 0. The molecule has 2 aromatic rings. The maximum atomic E-state index is 9.21. The topological polar surface area (TPSA) is 42.4 Å². The Morgan fingerprint density at radius 2 is 2.11 bits per heavy atom. The number of aryl methyl sites for hydroxylation is 1. The zero-order valence-corrected chi connectivity index (χ0v) is 12.2. The standard InChI is InChI=1S/C14H14INO2/c1-2-12-6-10(9-17)7-14(16-12)18-13-5-3-4-11(15)8-13/h3-8,17H,2,9H2,1H3. The first-order valence-electron chi connectivity index (χ1n) is 5.75. The molecule has 0 unspecified atom stereocenters. The molecule has 0 atom stereocenters. The Hall–Kier alpha value is -1.14. The molecule has 2 rings (SSSR count). The van der Waals surface area contributed by atoms with Gasteiger partial charge in [-0.25, -0.2) is 4.98 Å². The highest BCUT2D eigenvalue weighted by Gasteiger charge is 2.04. The molecular weight excluding hydrogens is 341 g/mol. The second kappa shape index (κ2) is 6.15. The Kier molecular flexibility index (Phi) is 4.54. The van der Waals surface area contributed by atoms with E-state index in [1.54, 1.807) is 6.07 Å². The second-order valence-electron chi connectivity index (χ2n) is 3.88. The van der Waals surface area contributed by atoms with E-state index >= 15 is 0 Å². The van der Waals surface area contributed by atoms with Crippen LogP contribution in [-0.4, -0.2) is 10.1 Å². The van der Waals surface area contributed by atoms with Crippen LogP contribution in [0.2, 0.25) is 0 Å². The second-order valence-corrected chi connectivity index (χ2v) is 5.12. The van der Waals surface area contributed by atoms with Crippen LogP contribution in [0.5, 0.6) is 11.6 Å². The van der Waals surface area contributed by atoms with Crippen molar-refractivity contribution in [2.75, 3.05) is 0 Å². The average molecular weight is 355 g/mol. The predicted molar refractivity (Wildman–Crippen MR) is 78.8 cm³/mol. The Balaban J connectivity index is 2.28.